The predicted octanol–water partition coefficient (Wildman–Crippen LogP) is 1.90. The quantitative estimate of drug-likeness (QED) is 0.827. The average Bonchev–Trinajstić information content (AvgIpc) is 2.37. The van der Waals surface area contributed by atoms with Gasteiger partial charge in [-0.15, -0.1) is 0 Å². The number of nitrogens with zero attached hydrogens (tertiary/aromatic N) is 1. The van der Waals surface area contributed by atoms with Gasteiger partial charge in [-0.05, 0) is 33.0 Å². The monoisotopic (exact) mass is 246 g/mol. The molecule has 4 heteroatoms. The van der Waals surface area contributed by atoms with Crippen molar-refractivity contribution in [3.05, 3.63) is 0 Å². The third kappa shape index (κ3) is 10.3. The summed E-state index contributed by atoms with van der Waals surface area (Å²) < 4.78 is 4.74. The first-order chi connectivity index (χ1) is 8.22. The van der Waals surface area contributed by atoms with Gasteiger partial charge in [0.2, 0.25) is 5.91 Å². The van der Waals surface area contributed by atoms with Crippen molar-refractivity contribution in [1.82, 2.24) is 10.2 Å². The van der Waals surface area contributed by atoms with Crippen LogP contribution in [0.25, 0.3) is 0 Å². The Balaban J connectivity index is 0. The van der Waals surface area contributed by atoms with E-state index in [9.17, 15) is 4.79 Å². The van der Waals surface area contributed by atoms with E-state index in [1.165, 1.54) is 7.11 Å². The fraction of sp³-hybridized carbons (Fsp3) is 0.923. The number of likely N-dealkylation sites (tertiary alicyclic amines) is 1. The van der Waals surface area contributed by atoms with Gasteiger partial charge in [-0.3, -0.25) is 4.79 Å². The van der Waals surface area contributed by atoms with Gasteiger partial charge in [0.1, 0.15) is 6.61 Å². The maximum absolute atomic E-state index is 11.1. The van der Waals surface area contributed by atoms with Crippen LogP contribution in [0.1, 0.15) is 40.5 Å². The van der Waals surface area contributed by atoms with Gasteiger partial charge in [0.05, 0.1) is 0 Å². The van der Waals surface area contributed by atoms with Gasteiger partial charge in [-0.25, -0.2) is 0 Å². The molecule has 0 atom stereocenters. The van der Waals surface area contributed by atoms with Gasteiger partial charge in [-0.2, -0.15) is 0 Å². The van der Waals surface area contributed by atoms with Gasteiger partial charge in [0, 0.05) is 13.2 Å². The van der Waals surface area contributed by atoms with Gasteiger partial charge >= 0.3 is 0 Å². The number of ether oxygens (including phenoxy) is 1. The van der Waals surface area contributed by atoms with Gasteiger partial charge in [-0.1, -0.05) is 27.7 Å². The lowest BCUT2D eigenvalue weighted by atomic mass is 10.1. The summed E-state index contributed by atoms with van der Waals surface area (Å²) in [6.45, 7) is 10.3. The van der Waals surface area contributed by atoms with E-state index in [-0.39, 0.29) is 12.5 Å². The second-order valence-corrected chi connectivity index (χ2v) is 3.58. The van der Waals surface area contributed by atoms with Crippen LogP contribution in [-0.4, -0.2) is 50.7 Å². The Bertz CT molecular complexity index is 167. The van der Waals surface area contributed by atoms with Crippen LogP contribution in [0.3, 0.4) is 0 Å². The topological polar surface area (TPSA) is 41.6 Å². The van der Waals surface area contributed by atoms with E-state index in [1.54, 1.807) is 0 Å². The van der Waals surface area contributed by atoms with E-state index in [2.05, 4.69) is 17.3 Å². The minimum Gasteiger partial charge on any atom is -0.375 e. The van der Waals surface area contributed by atoms with Crippen molar-refractivity contribution < 1.29 is 9.53 Å². The number of carbonyl (C=O) groups is 1. The molecule has 0 spiro atoms. The van der Waals surface area contributed by atoms with E-state index in [4.69, 9.17) is 4.74 Å². The standard InChI is InChI=1S/C9H18N2O2.2C2H6/c1-11-5-3-8(4-6-11)10-9(12)7-13-2;2*1-2/h8H,3-7H2,1-2H3,(H,10,12);2*1-2H3. The molecule has 1 rings (SSSR count). The van der Waals surface area contributed by atoms with Crippen LogP contribution in [0.2, 0.25) is 0 Å². The molecule has 1 saturated heterocycles. The number of amides is 1. The highest BCUT2D eigenvalue weighted by atomic mass is 16.5. The molecule has 1 aliphatic rings. The summed E-state index contributed by atoms with van der Waals surface area (Å²) in [6.07, 6.45) is 2.10. The summed E-state index contributed by atoms with van der Waals surface area (Å²) in [5.41, 5.74) is 0. The van der Waals surface area contributed by atoms with Crippen LogP contribution >= 0.6 is 0 Å². The molecule has 0 saturated carbocycles. The molecule has 1 N–H and O–H groups in total. The third-order valence-corrected chi connectivity index (χ3v) is 2.36. The minimum absolute atomic E-state index is 0.00273. The average molecular weight is 246 g/mol. The highest BCUT2D eigenvalue weighted by Crippen LogP contribution is 2.07. The molecule has 4 nitrogen and oxygen atoms in total. The molecule has 1 amide bonds. The van der Waals surface area contributed by atoms with Gasteiger partial charge in [0.25, 0.3) is 0 Å². The molecule has 0 bridgehead atoms. The Kier molecular flexibility index (Phi) is 14.8. The van der Waals surface area contributed by atoms with E-state index < -0.39 is 0 Å². The highest BCUT2D eigenvalue weighted by molar-refractivity contribution is 5.77. The SMILES string of the molecule is CC.CC.COCC(=O)NC1CCN(C)CC1. The summed E-state index contributed by atoms with van der Waals surface area (Å²) in [5.74, 6) is -0.00273. The summed E-state index contributed by atoms with van der Waals surface area (Å²) in [6, 6.07) is 0.346. The zero-order valence-corrected chi connectivity index (χ0v) is 12.4. The van der Waals surface area contributed by atoms with Crippen molar-refractivity contribution in [2.45, 2.75) is 46.6 Å². The molecule has 0 aromatic carbocycles. The first kappa shape index (κ1) is 18.7. The second-order valence-electron chi connectivity index (χ2n) is 3.58. The molecular weight excluding hydrogens is 216 g/mol. The van der Waals surface area contributed by atoms with Crippen LogP contribution in [0.15, 0.2) is 0 Å². The maximum Gasteiger partial charge on any atom is 0.246 e. The molecular formula is C13H30N2O2. The Morgan fingerprint density at radius 2 is 1.71 bits per heavy atom. The number of hydrogen-bond acceptors (Lipinski definition) is 3. The Labute approximate surface area is 107 Å². The molecule has 104 valence electrons. The molecule has 1 aliphatic heterocycles. The molecule has 1 fully saturated rings. The lowest BCUT2D eigenvalue weighted by molar-refractivity contribution is -0.125. The van der Waals surface area contributed by atoms with E-state index in [0.717, 1.165) is 25.9 Å². The second kappa shape index (κ2) is 13.5. The summed E-state index contributed by atoms with van der Waals surface area (Å²) in [7, 11) is 3.64. The lowest BCUT2D eigenvalue weighted by Crippen LogP contribution is -2.44. The molecule has 0 aromatic rings. The molecule has 0 unspecified atom stereocenters. The van der Waals surface area contributed by atoms with E-state index >= 15 is 0 Å². The van der Waals surface area contributed by atoms with Crippen molar-refractivity contribution >= 4 is 5.91 Å². The van der Waals surface area contributed by atoms with Crippen LogP contribution in [0, 0.1) is 0 Å². The highest BCUT2D eigenvalue weighted by Gasteiger charge is 2.17. The Hall–Kier alpha value is -0.610. The maximum atomic E-state index is 11.1. The zero-order chi connectivity index (χ0) is 13.7. The minimum atomic E-state index is -0.00273. The summed E-state index contributed by atoms with van der Waals surface area (Å²) in [4.78, 5) is 13.4. The normalized spacial score (nSPS) is 16.1. The summed E-state index contributed by atoms with van der Waals surface area (Å²) >= 11 is 0. The van der Waals surface area contributed by atoms with Crippen molar-refractivity contribution in [1.29, 1.82) is 0 Å². The fourth-order valence-electron chi connectivity index (χ4n) is 1.55. The first-order valence-electron chi connectivity index (χ1n) is 6.69. The number of rotatable bonds is 3. The largest absolute Gasteiger partial charge is 0.375 e. The van der Waals surface area contributed by atoms with Crippen LogP contribution < -0.4 is 5.32 Å². The number of piperidine rings is 1. The molecule has 0 radical (unpaired) electrons. The van der Waals surface area contributed by atoms with Crippen LogP contribution in [0.5, 0.6) is 0 Å². The van der Waals surface area contributed by atoms with Crippen LogP contribution in [0.4, 0.5) is 0 Å². The molecule has 0 aromatic heterocycles. The zero-order valence-electron chi connectivity index (χ0n) is 12.4. The van der Waals surface area contributed by atoms with E-state index in [0.29, 0.717) is 6.04 Å². The molecule has 0 aliphatic carbocycles. The van der Waals surface area contributed by atoms with Crippen molar-refractivity contribution in [2.24, 2.45) is 0 Å². The number of nitrogens with one attached hydrogen (secondary N) is 1. The molecule has 17 heavy (non-hydrogen) atoms. The van der Waals surface area contributed by atoms with Crippen molar-refractivity contribution in [3.8, 4) is 0 Å². The lowest BCUT2D eigenvalue weighted by Gasteiger charge is -2.29. The van der Waals surface area contributed by atoms with E-state index in [1.807, 2.05) is 27.7 Å². The van der Waals surface area contributed by atoms with Gasteiger partial charge in [0.15, 0.2) is 0 Å². The van der Waals surface area contributed by atoms with Crippen molar-refractivity contribution in [3.63, 3.8) is 0 Å². The third-order valence-electron chi connectivity index (χ3n) is 2.36. The summed E-state index contributed by atoms with van der Waals surface area (Å²) in [5, 5.41) is 2.95. The fourth-order valence-corrected chi connectivity index (χ4v) is 1.55. The van der Waals surface area contributed by atoms with Crippen LogP contribution in [-0.2, 0) is 9.53 Å². The Morgan fingerprint density at radius 3 is 2.12 bits per heavy atom. The smallest absolute Gasteiger partial charge is 0.246 e. The number of hydrogen-bond donors (Lipinski definition) is 1. The molecule has 1 heterocycles. The first-order valence-corrected chi connectivity index (χ1v) is 6.69. The van der Waals surface area contributed by atoms with Crippen molar-refractivity contribution in [2.75, 3.05) is 33.9 Å². The number of carbonyl (C=O) groups excluding carboxylic acids is 1. The number of methoxy groups -OCH3 is 1. The Morgan fingerprint density at radius 1 is 1.24 bits per heavy atom. The predicted molar refractivity (Wildman–Crippen MR) is 73.2 cm³/mol. The van der Waals surface area contributed by atoms with Gasteiger partial charge < -0.3 is 15.0 Å².